The van der Waals surface area contributed by atoms with Crippen LogP contribution in [0.15, 0.2) is 11.6 Å². The minimum absolute atomic E-state index is 0.0553. The van der Waals surface area contributed by atoms with E-state index in [-0.39, 0.29) is 47.8 Å². The summed E-state index contributed by atoms with van der Waals surface area (Å²) in [6, 6.07) is 0. The molecule has 15 unspecified atom stereocenters. The molecule has 0 amide bonds. The second-order valence-electron chi connectivity index (χ2n) is 17.3. The predicted molar refractivity (Wildman–Crippen MR) is 168 cm³/mol. The average molecular weight is 665 g/mol. The van der Waals surface area contributed by atoms with Crippen LogP contribution in [0.2, 0.25) is 0 Å². The van der Waals surface area contributed by atoms with Crippen molar-refractivity contribution in [3.8, 4) is 0 Å². The summed E-state index contributed by atoms with van der Waals surface area (Å²) in [7, 11) is 1.40. The maximum Gasteiger partial charge on any atom is 0.311 e. The molecule has 0 bridgehead atoms. The minimum atomic E-state index is -1.51. The van der Waals surface area contributed by atoms with Crippen molar-refractivity contribution in [3.63, 3.8) is 0 Å². The number of fused-ring (bicyclic) bond motifs is 7. The summed E-state index contributed by atoms with van der Waals surface area (Å²) >= 11 is 0. The molecule has 0 aromatic heterocycles. The maximum atomic E-state index is 13.1. The molecule has 11 heteroatoms. The van der Waals surface area contributed by atoms with Crippen molar-refractivity contribution in [2.24, 2.45) is 50.2 Å². The van der Waals surface area contributed by atoms with E-state index in [0.29, 0.717) is 38.5 Å². The van der Waals surface area contributed by atoms with Crippen LogP contribution in [0.1, 0.15) is 92.4 Å². The van der Waals surface area contributed by atoms with E-state index in [0.717, 1.165) is 24.8 Å². The summed E-state index contributed by atoms with van der Waals surface area (Å²) in [6.45, 7) is 10.2. The van der Waals surface area contributed by atoms with E-state index < -0.39 is 64.4 Å². The van der Waals surface area contributed by atoms with Crippen LogP contribution in [0.4, 0.5) is 0 Å². The van der Waals surface area contributed by atoms with Crippen molar-refractivity contribution >= 4 is 11.9 Å². The van der Waals surface area contributed by atoms with Crippen molar-refractivity contribution in [1.29, 1.82) is 0 Å². The Bertz CT molecular complexity index is 1300. The minimum Gasteiger partial charge on any atom is -0.481 e. The monoisotopic (exact) mass is 664 g/mol. The quantitative estimate of drug-likeness (QED) is 0.144. The lowest BCUT2D eigenvalue weighted by atomic mass is 9.33. The van der Waals surface area contributed by atoms with Gasteiger partial charge < -0.3 is 44.8 Å². The highest BCUT2D eigenvalue weighted by Crippen LogP contribution is 2.76. The maximum absolute atomic E-state index is 13.1. The SMILES string of the molecule is COC(=O)C1(C)CCC2(C(=O)O)CCC3(C)C(=CCC4C5(C)CC(O)C(OC6OCC(O)C(O)C6O)C(C)(CO)C5CCC43C)C2C1. The predicted octanol–water partition coefficient (Wildman–Crippen LogP) is 2.79. The smallest absolute Gasteiger partial charge is 0.311 e. The first-order valence-electron chi connectivity index (χ1n) is 17.5. The number of carboxylic acid groups (broad SMARTS) is 1. The molecule has 6 aliphatic rings. The molecular formula is C36H56O11. The molecule has 6 N–H and O–H groups in total. The lowest BCUT2D eigenvalue weighted by Crippen LogP contribution is -2.69. The van der Waals surface area contributed by atoms with E-state index in [9.17, 15) is 40.2 Å². The molecule has 15 atom stereocenters. The number of carbonyl (C=O) groups is 2. The highest BCUT2D eigenvalue weighted by Gasteiger charge is 2.71. The first-order valence-corrected chi connectivity index (χ1v) is 17.5. The summed E-state index contributed by atoms with van der Waals surface area (Å²) in [5.74, 6) is -1.29. The fraction of sp³-hybridized carbons (Fsp3) is 0.889. The Hall–Kier alpha value is -1.60. The Morgan fingerprint density at radius 3 is 2.23 bits per heavy atom. The van der Waals surface area contributed by atoms with Gasteiger partial charge in [-0.15, -0.1) is 0 Å². The Kier molecular flexibility index (Phi) is 8.60. The first kappa shape index (κ1) is 35.2. The van der Waals surface area contributed by atoms with Crippen LogP contribution in [0.5, 0.6) is 0 Å². The highest BCUT2D eigenvalue weighted by molar-refractivity contribution is 5.80. The molecular weight excluding hydrogens is 608 g/mol. The number of hydrogen-bond donors (Lipinski definition) is 6. The number of aliphatic hydroxyl groups excluding tert-OH is 5. The Labute approximate surface area is 277 Å². The number of ether oxygens (including phenoxy) is 3. The number of esters is 1. The summed E-state index contributed by atoms with van der Waals surface area (Å²) in [6.07, 6.45) is 0.204. The van der Waals surface area contributed by atoms with Gasteiger partial charge in [0.1, 0.15) is 18.3 Å². The molecule has 6 rings (SSSR count). The summed E-state index contributed by atoms with van der Waals surface area (Å²) in [5.41, 5.74) is -2.39. The van der Waals surface area contributed by atoms with E-state index >= 15 is 0 Å². The summed E-state index contributed by atoms with van der Waals surface area (Å²) in [5, 5.41) is 64.3. The third kappa shape index (κ3) is 4.69. The number of allylic oxidation sites excluding steroid dienone is 2. The number of hydrogen-bond acceptors (Lipinski definition) is 10. The number of aliphatic hydroxyl groups is 5. The molecule has 47 heavy (non-hydrogen) atoms. The van der Waals surface area contributed by atoms with Gasteiger partial charge in [0, 0.05) is 5.41 Å². The Morgan fingerprint density at radius 1 is 0.915 bits per heavy atom. The molecule has 0 aromatic carbocycles. The lowest BCUT2D eigenvalue weighted by molar-refractivity contribution is -0.328. The van der Waals surface area contributed by atoms with Crippen molar-refractivity contribution in [3.05, 3.63) is 11.6 Å². The van der Waals surface area contributed by atoms with Crippen LogP contribution in [0.3, 0.4) is 0 Å². The molecule has 0 spiro atoms. The second-order valence-corrected chi connectivity index (χ2v) is 17.3. The number of aliphatic carboxylic acids is 1. The fourth-order valence-electron chi connectivity index (χ4n) is 12.3. The van der Waals surface area contributed by atoms with Crippen LogP contribution in [0, 0.1) is 50.2 Å². The van der Waals surface area contributed by atoms with Crippen molar-refractivity contribution < 1.29 is 54.4 Å². The van der Waals surface area contributed by atoms with Gasteiger partial charge in [0.15, 0.2) is 6.29 Å². The average Bonchev–Trinajstić information content (AvgIpc) is 3.02. The number of carboxylic acids is 1. The zero-order valence-electron chi connectivity index (χ0n) is 28.8. The molecule has 266 valence electrons. The number of carbonyl (C=O) groups excluding carboxylic acids is 1. The molecule has 4 saturated carbocycles. The molecule has 11 nitrogen and oxygen atoms in total. The summed E-state index contributed by atoms with van der Waals surface area (Å²) in [4.78, 5) is 26.1. The molecule has 5 fully saturated rings. The molecule has 0 radical (unpaired) electrons. The van der Waals surface area contributed by atoms with Crippen LogP contribution in [-0.4, -0.2) is 99.7 Å². The van der Waals surface area contributed by atoms with Gasteiger partial charge in [-0.1, -0.05) is 39.3 Å². The van der Waals surface area contributed by atoms with E-state index in [1.165, 1.54) is 7.11 Å². The zero-order chi connectivity index (χ0) is 34.5. The Balaban J connectivity index is 1.35. The first-order chi connectivity index (χ1) is 21.9. The van der Waals surface area contributed by atoms with Crippen molar-refractivity contribution in [2.75, 3.05) is 20.3 Å². The van der Waals surface area contributed by atoms with Gasteiger partial charge in [-0.3, -0.25) is 9.59 Å². The van der Waals surface area contributed by atoms with Gasteiger partial charge in [-0.2, -0.15) is 0 Å². The van der Waals surface area contributed by atoms with Crippen LogP contribution < -0.4 is 0 Å². The van der Waals surface area contributed by atoms with Crippen molar-refractivity contribution in [2.45, 2.75) is 129 Å². The lowest BCUT2D eigenvalue weighted by Gasteiger charge is -2.71. The van der Waals surface area contributed by atoms with Gasteiger partial charge in [0.05, 0.1) is 43.4 Å². The van der Waals surface area contributed by atoms with Crippen LogP contribution >= 0.6 is 0 Å². The third-order valence-electron chi connectivity index (χ3n) is 15.3. The molecule has 1 aliphatic heterocycles. The standard InChI is InChI=1S/C36H56O11/c1-31(30(44)45-6)11-13-36(29(42)43)14-12-34(4)19(20(36)15-31)7-8-24-32(2)16-21(38)27(47-28-26(41)25(40)22(39)17-46-28)33(3,18-37)23(32)9-10-35(24,34)5/h7,20-28,37-41H,8-18H2,1-6H3,(H,42,43). The topological polar surface area (TPSA) is 183 Å². The van der Waals surface area contributed by atoms with E-state index in [1.807, 2.05) is 13.8 Å². The summed E-state index contributed by atoms with van der Waals surface area (Å²) < 4.78 is 17.0. The number of rotatable bonds is 5. The van der Waals surface area contributed by atoms with E-state index in [2.05, 4.69) is 26.8 Å². The Morgan fingerprint density at radius 2 is 1.60 bits per heavy atom. The van der Waals surface area contributed by atoms with Crippen molar-refractivity contribution in [1.82, 2.24) is 0 Å². The van der Waals surface area contributed by atoms with Crippen LogP contribution in [0.25, 0.3) is 0 Å². The van der Waals surface area contributed by atoms with Gasteiger partial charge >= 0.3 is 11.9 Å². The van der Waals surface area contributed by atoms with Gasteiger partial charge in [-0.05, 0) is 98.7 Å². The van der Waals surface area contributed by atoms with Gasteiger partial charge in [-0.25, -0.2) is 0 Å². The largest absolute Gasteiger partial charge is 0.481 e. The normalized spacial score (nSPS) is 54.2. The highest BCUT2D eigenvalue weighted by atomic mass is 16.7. The zero-order valence-corrected chi connectivity index (χ0v) is 28.8. The third-order valence-corrected chi connectivity index (χ3v) is 15.3. The molecule has 5 aliphatic carbocycles. The van der Waals surface area contributed by atoms with E-state index in [4.69, 9.17) is 14.2 Å². The molecule has 1 heterocycles. The number of methoxy groups -OCH3 is 1. The molecule has 0 aromatic rings. The van der Waals surface area contributed by atoms with Gasteiger partial charge in [0.25, 0.3) is 0 Å². The van der Waals surface area contributed by atoms with Crippen LogP contribution in [-0.2, 0) is 23.8 Å². The molecule has 1 saturated heterocycles. The van der Waals surface area contributed by atoms with Gasteiger partial charge in [0.2, 0.25) is 0 Å². The fourth-order valence-corrected chi connectivity index (χ4v) is 12.3. The van der Waals surface area contributed by atoms with E-state index in [1.54, 1.807) is 0 Å². The second kappa shape index (κ2) is 11.5.